The minimum Gasteiger partial charge on any atom is -0.478 e. The minimum atomic E-state index is -4.47. The van der Waals surface area contributed by atoms with Crippen LogP contribution in [0.3, 0.4) is 0 Å². The predicted octanol–water partition coefficient (Wildman–Crippen LogP) is 2.60. The number of aromatic carboxylic acids is 1. The van der Waals surface area contributed by atoms with Gasteiger partial charge in [0.25, 0.3) is 0 Å². The molecule has 0 aliphatic heterocycles. The molecule has 2 heterocycles. The lowest BCUT2D eigenvalue weighted by Crippen LogP contribution is -2.11. The Hall–Kier alpha value is -2.38. The van der Waals surface area contributed by atoms with E-state index in [1.54, 1.807) is 0 Å². The molecule has 0 radical (unpaired) electrons. The highest BCUT2D eigenvalue weighted by Gasteiger charge is 2.33. The van der Waals surface area contributed by atoms with Gasteiger partial charge in [0.2, 0.25) is 0 Å². The number of aryl methyl sites for hydroxylation is 1. The van der Waals surface area contributed by atoms with Gasteiger partial charge in [-0.25, -0.2) is 14.5 Å². The second kappa shape index (κ2) is 4.62. The van der Waals surface area contributed by atoms with Gasteiger partial charge in [-0.15, -0.1) is 0 Å². The molecule has 106 valence electrons. The van der Waals surface area contributed by atoms with Gasteiger partial charge >= 0.3 is 12.1 Å². The Morgan fingerprint density at radius 2 is 1.95 bits per heavy atom. The smallest absolute Gasteiger partial charge is 0.418 e. The van der Waals surface area contributed by atoms with Crippen molar-refractivity contribution in [2.75, 3.05) is 0 Å². The Morgan fingerprint density at radius 3 is 2.40 bits per heavy atom. The third-order valence-corrected chi connectivity index (χ3v) is 2.83. The van der Waals surface area contributed by atoms with Gasteiger partial charge < -0.3 is 5.11 Å². The summed E-state index contributed by atoms with van der Waals surface area (Å²) >= 11 is 0. The summed E-state index contributed by atoms with van der Waals surface area (Å²) in [6.07, 6.45) is -3.34. The first kappa shape index (κ1) is 14.0. The fourth-order valence-electron chi connectivity index (χ4n) is 1.82. The molecule has 0 bridgehead atoms. The van der Waals surface area contributed by atoms with Gasteiger partial charge in [0.05, 0.1) is 23.1 Å². The molecule has 0 aliphatic carbocycles. The fourth-order valence-corrected chi connectivity index (χ4v) is 1.82. The Bertz CT molecular complexity index is 677. The van der Waals surface area contributed by atoms with Crippen molar-refractivity contribution in [2.45, 2.75) is 20.0 Å². The zero-order valence-corrected chi connectivity index (χ0v) is 10.6. The van der Waals surface area contributed by atoms with E-state index in [2.05, 4.69) is 10.1 Å². The highest BCUT2D eigenvalue weighted by Crippen LogP contribution is 2.31. The molecule has 2 aromatic heterocycles. The molecule has 20 heavy (non-hydrogen) atoms. The average Bonchev–Trinajstić information content (AvgIpc) is 2.69. The highest BCUT2D eigenvalue weighted by molar-refractivity contribution is 5.88. The third kappa shape index (κ3) is 2.36. The van der Waals surface area contributed by atoms with Crippen LogP contribution in [0.4, 0.5) is 13.2 Å². The molecule has 0 amide bonds. The van der Waals surface area contributed by atoms with Crippen molar-refractivity contribution in [3.05, 3.63) is 40.8 Å². The van der Waals surface area contributed by atoms with Crippen molar-refractivity contribution < 1.29 is 23.1 Å². The van der Waals surface area contributed by atoms with E-state index in [0.29, 0.717) is 5.69 Å². The lowest BCUT2D eigenvalue weighted by atomic mass is 10.2. The zero-order valence-electron chi connectivity index (χ0n) is 10.6. The Morgan fingerprint density at radius 1 is 1.30 bits per heavy atom. The summed E-state index contributed by atoms with van der Waals surface area (Å²) in [4.78, 5) is 14.7. The Labute approximate surface area is 111 Å². The minimum absolute atomic E-state index is 0.0237. The quantitative estimate of drug-likeness (QED) is 0.921. The third-order valence-electron chi connectivity index (χ3n) is 2.83. The van der Waals surface area contributed by atoms with Crippen molar-refractivity contribution in [1.29, 1.82) is 0 Å². The molecule has 2 aromatic rings. The summed E-state index contributed by atoms with van der Waals surface area (Å²) in [6, 6.07) is 2.06. The van der Waals surface area contributed by atoms with E-state index in [9.17, 15) is 18.0 Å². The zero-order chi connectivity index (χ0) is 15.1. The number of carboxylic acid groups (broad SMARTS) is 1. The maximum Gasteiger partial charge on any atom is 0.418 e. The number of hydrogen-bond donors (Lipinski definition) is 1. The van der Waals surface area contributed by atoms with E-state index in [0.717, 1.165) is 18.3 Å². The van der Waals surface area contributed by atoms with Crippen LogP contribution in [0.5, 0.6) is 0 Å². The number of hydrogen-bond acceptors (Lipinski definition) is 3. The number of halogens is 3. The average molecular weight is 285 g/mol. The van der Waals surface area contributed by atoms with E-state index in [1.807, 2.05) is 0 Å². The molecular formula is C12H10F3N3O2. The standard InChI is InChI=1S/C12H10F3N3O2/c1-6-9(12(13,14)15)3-4-10(17-6)18-7(2)8(5-16-18)11(19)20/h3-5H,1-2H3,(H,19,20). The van der Waals surface area contributed by atoms with Gasteiger partial charge in [-0.2, -0.15) is 18.3 Å². The van der Waals surface area contributed by atoms with E-state index < -0.39 is 17.7 Å². The molecule has 0 aromatic carbocycles. The van der Waals surface area contributed by atoms with Gasteiger partial charge in [-0.1, -0.05) is 0 Å². The van der Waals surface area contributed by atoms with E-state index in [4.69, 9.17) is 5.11 Å². The van der Waals surface area contributed by atoms with Crippen molar-refractivity contribution in [1.82, 2.24) is 14.8 Å². The first-order valence-corrected chi connectivity index (χ1v) is 5.55. The van der Waals surface area contributed by atoms with Crippen LogP contribution in [-0.2, 0) is 6.18 Å². The molecule has 0 aliphatic rings. The highest BCUT2D eigenvalue weighted by atomic mass is 19.4. The second-order valence-corrected chi connectivity index (χ2v) is 4.16. The van der Waals surface area contributed by atoms with Crippen LogP contribution in [0.1, 0.15) is 27.3 Å². The van der Waals surface area contributed by atoms with Crippen LogP contribution in [0.2, 0.25) is 0 Å². The Balaban J connectivity index is 2.50. The SMILES string of the molecule is Cc1nc(-n2ncc(C(=O)O)c2C)ccc1C(F)(F)F. The molecule has 8 heteroatoms. The van der Waals surface area contributed by atoms with Gasteiger partial charge in [0, 0.05) is 0 Å². The van der Waals surface area contributed by atoms with Crippen LogP contribution in [0.15, 0.2) is 18.3 Å². The van der Waals surface area contributed by atoms with Gasteiger partial charge in [0.1, 0.15) is 5.56 Å². The van der Waals surface area contributed by atoms with Crippen LogP contribution < -0.4 is 0 Å². The summed E-state index contributed by atoms with van der Waals surface area (Å²) < 4.78 is 39.1. The topological polar surface area (TPSA) is 68.0 Å². The number of alkyl halides is 3. The van der Waals surface area contributed by atoms with Crippen LogP contribution in [-0.4, -0.2) is 25.8 Å². The second-order valence-electron chi connectivity index (χ2n) is 4.16. The van der Waals surface area contributed by atoms with Gasteiger partial charge in [-0.05, 0) is 26.0 Å². The van der Waals surface area contributed by atoms with E-state index in [1.165, 1.54) is 18.5 Å². The maximum absolute atomic E-state index is 12.6. The molecule has 5 nitrogen and oxygen atoms in total. The Kier molecular flexibility index (Phi) is 3.24. The summed E-state index contributed by atoms with van der Waals surface area (Å²) in [5, 5.41) is 12.7. The van der Waals surface area contributed by atoms with Gasteiger partial charge in [0.15, 0.2) is 5.82 Å². The molecule has 0 saturated carbocycles. The molecule has 0 unspecified atom stereocenters. The van der Waals surface area contributed by atoms with Crippen LogP contribution in [0, 0.1) is 13.8 Å². The van der Waals surface area contributed by atoms with Crippen molar-refractivity contribution >= 4 is 5.97 Å². The molecular weight excluding hydrogens is 275 g/mol. The maximum atomic E-state index is 12.6. The summed E-state index contributed by atoms with van der Waals surface area (Å²) in [6.45, 7) is 2.74. The van der Waals surface area contributed by atoms with E-state index in [-0.39, 0.29) is 17.1 Å². The van der Waals surface area contributed by atoms with Crippen LogP contribution in [0.25, 0.3) is 5.82 Å². The van der Waals surface area contributed by atoms with Crippen molar-refractivity contribution in [2.24, 2.45) is 0 Å². The first-order chi connectivity index (χ1) is 9.21. The number of carbonyl (C=O) groups is 1. The summed E-state index contributed by atoms with van der Waals surface area (Å²) in [5.41, 5.74) is -0.750. The molecule has 2 rings (SSSR count). The summed E-state index contributed by atoms with van der Waals surface area (Å²) in [5.74, 6) is -1.02. The molecule has 1 N–H and O–H groups in total. The van der Waals surface area contributed by atoms with Gasteiger partial charge in [-0.3, -0.25) is 0 Å². The first-order valence-electron chi connectivity index (χ1n) is 5.55. The largest absolute Gasteiger partial charge is 0.478 e. The lowest BCUT2D eigenvalue weighted by molar-refractivity contribution is -0.138. The number of aromatic nitrogens is 3. The fraction of sp³-hybridized carbons (Fsp3) is 0.250. The monoisotopic (exact) mass is 285 g/mol. The number of rotatable bonds is 2. The lowest BCUT2D eigenvalue weighted by Gasteiger charge is -2.11. The molecule has 0 fully saturated rings. The van der Waals surface area contributed by atoms with Crippen molar-refractivity contribution in [3.8, 4) is 5.82 Å². The number of pyridine rings is 1. The summed E-state index contributed by atoms with van der Waals surface area (Å²) in [7, 11) is 0. The molecule has 0 spiro atoms. The van der Waals surface area contributed by atoms with Crippen molar-refractivity contribution in [3.63, 3.8) is 0 Å². The molecule has 0 saturated heterocycles. The predicted molar refractivity (Wildman–Crippen MR) is 62.8 cm³/mol. The number of carboxylic acids is 1. The number of nitrogens with zero attached hydrogens (tertiary/aromatic N) is 3. The van der Waals surface area contributed by atoms with Crippen LogP contribution >= 0.6 is 0 Å². The normalized spacial score (nSPS) is 11.7. The molecule has 0 atom stereocenters. The van der Waals surface area contributed by atoms with E-state index >= 15 is 0 Å².